The van der Waals surface area contributed by atoms with E-state index in [0.717, 1.165) is 4.68 Å². The Labute approximate surface area is 150 Å². The lowest BCUT2D eigenvalue weighted by atomic mass is 10.1. The second-order valence-electron chi connectivity index (χ2n) is 6.19. The molecule has 0 aromatic carbocycles. The smallest absolute Gasteiger partial charge is 0.344 e. The molecule has 2 heterocycles. The highest BCUT2D eigenvalue weighted by Crippen LogP contribution is 2.19. The van der Waals surface area contributed by atoms with Gasteiger partial charge in [-0.1, -0.05) is 0 Å². The van der Waals surface area contributed by atoms with Gasteiger partial charge in [0, 0.05) is 18.3 Å². The molecule has 0 aliphatic heterocycles. The molecular formula is C18H21N3O5. The van der Waals surface area contributed by atoms with Crippen molar-refractivity contribution in [2.24, 2.45) is 7.05 Å². The van der Waals surface area contributed by atoms with Crippen LogP contribution in [0.4, 0.5) is 0 Å². The van der Waals surface area contributed by atoms with Crippen molar-refractivity contribution in [3.05, 3.63) is 49.7 Å². The minimum atomic E-state index is -0.880. The summed E-state index contributed by atoms with van der Waals surface area (Å²) in [5.74, 6) is -1.51. The van der Waals surface area contributed by atoms with E-state index in [1.807, 2.05) is 0 Å². The van der Waals surface area contributed by atoms with Crippen molar-refractivity contribution in [1.82, 2.24) is 14.8 Å². The van der Waals surface area contributed by atoms with Crippen LogP contribution in [0, 0.1) is 27.7 Å². The summed E-state index contributed by atoms with van der Waals surface area (Å²) in [5.41, 5.74) is 1.98. The number of Topliss-reactive ketones (excluding diaryl/α,β-unsaturated/α-hetero) is 2. The van der Waals surface area contributed by atoms with Crippen LogP contribution < -0.4 is 5.56 Å². The number of nitrogens with zero attached hydrogens (tertiary/aromatic N) is 2. The van der Waals surface area contributed by atoms with Crippen molar-refractivity contribution in [3.63, 3.8) is 0 Å². The lowest BCUT2D eigenvalue weighted by molar-refractivity contribution is 0.0469. The zero-order valence-corrected chi connectivity index (χ0v) is 15.6. The normalized spacial score (nSPS) is 10.7. The van der Waals surface area contributed by atoms with Crippen molar-refractivity contribution in [1.29, 1.82) is 0 Å². The average molecular weight is 359 g/mol. The lowest BCUT2D eigenvalue weighted by Crippen LogP contribution is -2.30. The number of hydrogen-bond acceptors (Lipinski definition) is 6. The average Bonchev–Trinajstić information content (AvgIpc) is 2.85. The summed E-state index contributed by atoms with van der Waals surface area (Å²) < 4.78 is 6.10. The molecule has 26 heavy (non-hydrogen) atoms. The Kier molecular flexibility index (Phi) is 5.25. The molecule has 0 fully saturated rings. The summed E-state index contributed by atoms with van der Waals surface area (Å²) in [6.45, 7) is 7.49. The van der Waals surface area contributed by atoms with E-state index in [9.17, 15) is 19.2 Å². The number of ether oxygens (including phenoxy) is 1. The highest BCUT2D eigenvalue weighted by atomic mass is 16.5. The van der Waals surface area contributed by atoms with Gasteiger partial charge in [0.2, 0.25) is 5.78 Å². The molecule has 0 aliphatic carbocycles. The Hall–Kier alpha value is -3.03. The molecule has 1 N–H and O–H groups in total. The van der Waals surface area contributed by atoms with Crippen LogP contribution in [0.3, 0.4) is 0 Å². The molecule has 2 aromatic rings. The van der Waals surface area contributed by atoms with Crippen molar-refractivity contribution in [2.45, 2.75) is 34.6 Å². The van der Waals surface area contributed by atoms with E-state index in [1.165, 1.54) is 14.0 Å². The number of H-pyrrole nitrogens is 1. The fraction of sp³-hybridized carbons (Fsp3) is 0.389. The molecule has 2 aromatic heterocycles. The van der Waals surface area contributed by atoms with E-state index >= 15 is 0 Å². The van der Waals surface area contributed by atoms with Gasteiger partial charge in [-0.15, -0.1) is 0 Å². The molecule has 0 radical (unpaired) electrons. The van der Waals surface area contributed by atoms with E-state index in [4.69, 9.17) is 4.74 Å². The zero-order chi connectivity index (χ0) is 19.8. The van der Waals surface area contributed by atoms with Crippen molar-refractivity contribution in [2.75, 3.05) is 6.61 Å². The van der Waals surface area contributed by atoms with Crippen LogP contribution in [0.25, 0.3) is 0 Å². The second-order valence-corrected chi connectivity index (χ2v) is 6.19. The fourth-order valence-electron chi connectivity index (χ4n) is 2.92. The first kappa shape index (κ1) is 19.3. The Morgan fingerprint density at radius 2 is 1.69 bits per heavy atom. The number of aromatic nitrogens is 3. The summed E-state index contributed by atoms with van der Waals surface area (Å²) in [6.07, 6.45) is 0. The van der Waals surface area contributed by atoms with Gasteiger partial charge < -0.3 is 9.72 Å². The van der Waals surface area contributed by atoms with Gasteiger partial charge in [-0.2, -0.15) is 5.10 Å². The summed E-state index contributed by atoms with van der Waals surface area (Å²) in [4.78, 5) is 51.3. The molecule has 0 saturated carbocycles. The molecule has 0 unspecified atom stereocenters. The van der Waals surface area contributed by atoms with Gasteiger partial charge in [0.05, 0.1) is 11.4 Å². The fourth-order valence-corrected chi connectivity index (χ4v) is 2.92. The number of carbonyl (C=O) groups is 3. The second kappa shape index (κ2) is 7.07. The summed E-state index contributed by atoms with van der Waals surface area (Å²) >= 11 is 0. The molecule has 8 heteroatoms. The van der Waals surface area contributed by atoms with Gasteiger partial charge in [-0.3, -0.25) is 14.4 Å². The predicted octanol–water partition coefficient (Wildman–Crippen LogP) is 1.58. The standard InChI is InChI=1S/C18H21N3O5/c1-8-10(3)20-21(6)17(24)15(8)18(25)26-7-13(23)16-9(2)14(12(5)22)11(4)19-16/h19H,7H2,1-6H3. The molecule has 0 spiro atoms. The predicted molar refractivity (Wildman–Crippen MR) is 93.8 cm³/mol. The number of nitrogens with one attached hydrogen (secondary N) is 1. The number of aromatic amines is 1. The first-order valence-corrected chi connectivity index (χ1v) is 8.01. The zero-order valence-electron chi connectivity index (χ0n) is 15.6. The summed E-state index contributed by atoms with van der Waals surface area (Å²) in [5, 5.41) is 3.99. The van der Waals surface area contributed by atoms with Crippen molar-refractivity contribution >= 4 is 17.5 Å². The number of aryl methyl sites for hydroxylation is 3. The Morgan fingerprint density at radius 3 is 2.23 bits per heavy atom. The minimum Gasteiger partial charge on any atom is -0.453 e. The Balaban J connectivity index is 2.24. The molecule has 0 saturated heterocycles. The van der Waals surface area contributed by atoms with Crippen LogP contribution in [-0.4, -0.2) is 38.9 Å². The third-order valence-corrected chi connectivity index (χ3v) is 4.33. The largest absolute Gasteiger partial charge is 0.453 e. The molecule has 8 nitrogen and oxygen atoms in total. The first-order chi connectivity index (χ1) is 12.1. The monoisotopic (exact) mass is 359 g/mol. The Morgan fingerprint density at radius 1 is 1.08 bits per heavy atom. The number of esters is 1. The van der Waals surface area contributed by atoms with E-state index in [2.05, 4.69) is 10.1 Å². The van der Waals surface area contributed by atoms with Gasteiger partial charge in [0.1, 0.15) is 5.56 Å². The van der Waals surface area contributed by atoms with Crippen LogP contribution >= 0.6 is 0 Å². The van der Waals surface area contributed by atoms with Crippen LogP contribution in [0.5, 0.6) is 0 Å². The van der Waals surface area contributed by atoms with Gasteiger partial charge in [0.25, 0.3) is 5.56 Å². The molecule has 0 bridgehead atoms. The maximum Gasteiger partial charge on any atom is 0.344 e. The van der Waals surface area contributed by atoms with Crippen molar-refractivity contribution in [3.8, 4) is 0 Å². The van der Waals surface area contributed by atoms with E-state index < -0.39 is 23.9 Å². The van der Waals surface area contributed by atoms with Crippen LogP contribution in [0.1, 0.15) is 60.6 Å². The van der Waals surface area contributed by atoms with Gasteiger partial charge in [0.15, 0.2) is 12.4 Å². The molecule has 2 rings (SSSR count). The maximum absolute atomic E-state index is 12.4. The van der Waals surface area contributed by atoms with Crippen molar-refractivity contribution < 1.29 is 19.1 Å². The van der Waals surface area contributed by atoms with Gasteiger partial charge in [-0.25, -0.2) is 9.48 Å². The summed E-state index contributed by atoms with van der Waals surface area (Å²) in [7, 11) is 1.44. The lowest BCUT2D eigenvalue weighted by Gasteiger charge is -2.09. The van der Waals surface area contributed by atoms with E-state index in [-0.39, 0.29) is 17.0 Å². The number of rotatable bonds is 5. The van der Waals surface area contributed by atoms with E-state index in [0.29, 0.717) is 28.1 Å². The maximum atomic E-state index is 12.4. The highest BCUT2D eigenvalue weighted by Gasteiger charge is 2.23. The molecule has 0 atom stereocenters. The van der Waals surface area contributed by atoms with Gasteiger partial charge in [-0.05, 0) is 45.7 Å². The molecule has 0 aliphatic rings. The number of hydrogen-bond donors (Lipinski definition) is 1. The van der Waals surface area contributed by atoms with Crippen LogP contribution in [-0.2, 0) is 11.8 Å². The minimum absolute atomic E-state index is 0.142. The molecule has 138 valence electrons. The van der Waals surface area contributed by atoms with Crippen LogP contribution in [0.2, 0.25) is 0 Å². The quantitative estimate of drug-likeness (QED) is 0.641. The SMILES string of the molecule is CC(=O)c1c(C)[nH]c(C(=O)COC(=O)c2c(C)c(C)nn(C)c2=O)c1C. The highest BCUT2D eigenvalue weighted by molar-refractivity contribution is 6.04. The number of ketones is 2. The van der Waals surface area contributed by atoms with Gasteiger partial charge >= 0.3 is 5.97 Å². The molecule has 0 amide bonds. The topological polar surface area (TPSA) is 111 Å². The third-order valence-electron chi connectivity index (χ3n) is 4.33. The number of carbonyl (C=O) groups excluding carboxylic acids is 3. The van der Waals surface area contributed by atoms with E-state index in [1.54, 1.807) is 27.7 Å². The third kappa shape index (κ3) is 3.35. The Bertz CT molecular complexity index is 982. The first-order valence-electron chi connectivity index (χ1n) is 8.01. The molecular weight excluding hydrogens is 338 g/mol. The summed E-state index contributed by atoms with van der Waals surface area (Å²) in [6, 6.07) is 0. The van der Waals surface area contributed by atoms with Crippen LogP contribution in [0.15, 0.2) is 4.79 Å².